The van der Waals surface area contributed by atoms with Crippen molar-refractivity contribution < 1.29 is 19.1 Å². The molecule has 1 aliphatic carbocycles. The first-order valence-electron chi connectivity index (χ1n) is 10.4. The fourth-order valence-corrected chi connectivity index (χ4v) is 4.66. The normalized spacial score (nSPS) is 28.3. The molecule has 29 heavy (non-hydrogen) atoms. The smallest absolute Gasteiger partial charge is 0.255 e. The largest absolute Gasteiger partial charge is 0.374 e. The molecular weight excluding hydrogens is 372 g/mol. The van der Waals surface area contributed by atoms with Gasteiger partial charge in [-0.1, -0.05) is 12.1 Å². The van der Waals surface area contributed by atoms with Gasteiger partial charge in [0.25, 0.3) is 5.91 Å². The van der Waals surface area contributed by atoms with Crippen LogP contribution in [-0.2, 0) is 27.4 Å². The zero-order valence-corrected chi connectivity index (χ0v) is 16.3. The van der Waals surface area contributed by atoms with E-state index in [9.17, 15) is 14.4 Å². The van der Waals surface area contributed by atoms with Gasteiger partial charge in [0.1, 0.15) is 6.04 Å². The molecule has 0 bridgehead atoms. The minimum absolute atomic E-state index is 0.0369. The van der Waals surface area contributed by atoms with Gasteiger partial charge in [-0.05, 0) is 36.5 Å². The molecule has 3 heterocycles. The van der Waals surface area contributed by atoms with Crippen LogP contribution in [0.3, 0.4) is 0 Å². The molecule has 4 aliphatic rings. The minimum atomic E-state index is -0.570. The summed E-state index contributed by atoms with van der Waals surface area (Å²) in [5.41, 5.74) is 2.69. The summed E-state index contributed by atoms with van der Waals surface area (Å²) in [4.78, 5) is 38.1. The maximum atomic E-state index is 12.9. The number of imide groups is 1. The van der Waals surface area contributed by atoms with E-state index in [1.807, 2.05) is 18.2 Å². The minimum Gasteiger partial charge on any atom is -0.374 e. The number of benzene rings is 1. The topological polar surface area (TPSA) is 99.8 Å². The molecule has 0 spiro atoms. The second-order valence-corrected chi connectivity index (χ2v) is 8.46. The van der Waals surface area contributed by atoms with Gasteiger partial charge in [0.15, 0.2) is 0 Å². The Morgan fingerprint density at radius 1 is 1.24 bits per heavy atom. The molecule has 3 fully saturated rings. The van der Waals surface area contributed by atoms with E-state index in [0.29, 0.717) is 25.1 Å². The zero-order valence-electron chi connectivity index (χ0n) is 16.3. The second-order valence-electron chi connectivity index (χ2n) is 8.46. The SMILES string of the molecule is O=C1CCC(N2Cc3ccc(CNC4(C5CNCCO5)CC4)cc3C2=O)C(=O)N1. The van der Waals surface area contributed by atoms with Crippen LogP contribution in [0.25, 0.3) is 0 Å². The maximum Gasteiger partial charge on any atom is 0.255 e. The lowest BCUT2D eigenvalue weighted by atomic mass is 10.0. The van der Waals surface area contributed by atoms with Crippen LogP contribution in [0.2, 0.25) is 0 Å². The first-order chi connectivity index (χ1) is 14.1. The van der Waals surface area contributed by atoms with Crippen LogP contribution in [0.15, 0.2) is 18.2 Å². The second kappa shape index (κ2) is 7.19. The van der Waals surface area contributed by atoms with Crippen molar-refractivity contribution in [2.45, 2.75) is 56.5 Å². The van der Waals surface area contributed by atoms with Gasteiger partial charge in [-0.2, -0.15) is 0 Å². The molecule has 1 aromatic carbocycles. The van der Waals surface area contributed by atoms with E-state index in [-0.39, 0.29) is 35.8 Å². The summed E-state index contributed by atoms with van der Waals surface area (Å²) in [6.07, 6.45) is 3.05. The summed E-state index contributed by atoms with van der Waals surface area (Å²) in [7, 11) is 0. The van der Waals surface area contributed by atoms with E-state index in [4.69, 9.17) is 4.74 Å². The highest BCUT2D eigenvalue weighted by atomic mass is 16.5. The number of hydrogen-bond acceptors (Lipinski definition) is 6. The number of hydrogen-bond donors (Lipinski definition) is 3. The fraction of sp³-hybridized carbons (Fsp3) is 0.571. The number of carbonyl (C=O) groups excluding carboxylic acids is 3. The van der Waals surface area contributed by atoms with E-state index in [2.05, 4.69) is 16.0 Å². The molecule has 1 saturated carbocycles. The van der Waals surface area contributed by atoms with E-state index in [1.54, 1.807) is 4.90 Å². The van der Waals surface area contributed by atoms with Crippen molar-refractivity contribution in [2.24, 2.45) is 0 Å². The van der Waals surface area contributed by atoms with Crippen molar-refractivity contribution in [1.29, 1.82) is 0 Å². The van der Waals surface area contributed by atoms with Gasteiger partial charge in [-0.25, -0.2) is 0 Å². The van der Waals surface area contributed by atoms with E-state index >= 15 is 0 Å². The third kappa shape index (κ3) is 3.45. The number of morpholine rings is 1. The van der Waals surface area contributed by atoms with Crippen molar-refractivity contribution in [1.82, 2.24) is 20.9 Å². The Balaban J connectivity index is 1.26. The number of ether oxygens (including phenoxy) is 1. The van der Waals surface area contributed by atoms with Crippen molar-refractivity contribution >= 4 is 17.7 Å². The molecular formula is C21H26N4O4. The number of carbonyl (C=O) groups is 3. The Morgan fingerprint density at radius 3 is 2.83 bits per heavy atom. The quantitative estimate of drug-likeness (QED) is 0.607. The lowest BCUT2D eigenvalue weighted by Gasteiger charge is -2.32. The molecule has 8 heteroatoms. The Hall–Kier alpha value is -2.29. The predicted molar refractivity (Wildman–Crippen MR) is 104 cm³/mol. The van der Waals surface area contributed by atoms with E-state index in [1.165, 1.54) is 0 Å². The molecule has 0 aromatic heterocycles. The summed E-state index contributed by atoms with van der Waals surface area (Å²) in [5, 5.41) is 9.39. The standard InChI is InChI=1S/C21H26N4O4/c26-18-4-3-16(19(27)24-18)25-12-14-2-1-13(9-15(14)20(25)28)10-23-21(5-6-21)17-11-22-7-8-29-17/h1-2,9,16-17,22-23H,3-8,10-12H2,(H,24,26,27). The van der Waals surface area contributed by atoms with Gasteiger partial charge in [-0.3, -0.25) is 19.7 Å². The van der Waals surface area contributed by atoms with Gasteiger partial charge in [-0.15, -0.1) is 0 Å². The molecule has 2 atom stereocenters. The first-order valence-corrected chi connectivity index (χ1v) is 10.4. The third-order valence-electron chi connectivity index (χ3n) is 6.57. The lowest BCUT2D eigenvalue weighted by Crippen LogP contribution is -2.52. The average molecular weight is 398 g/mol. The molecule has 3 N–H and O–H groups in total. The summed E-state index contributed by atoms with van der Waals surface area (Å²) in [5.74, 6) is -0.770. The molecule has 0 radical (unpaired) electrons. The van der Waals surface area contributed by atoms with Crippen molar-refractivity contribution in [2.75, 3.05) is 19.7 Å². The predicted octanol–water partition coefficient (Wildman–Crippen LogP) is 0.0582. The highest BCUT2D eigenvalue weighted by molar-refractivity contribution is 6.05. The highest BCUT2D eigenvalue weighted by Gasteiger charge is 2.50. The first kappa shape index (κ1) is 18.7. The van der Waals surface area contributed by atoms with Gasteiger partial charge in [0, 0.05) is 43.7 Å². The van der Waals surface area contributed by atoms with Crippen LogP contribution in [0.4, 0.5) is 0 Å². The summed E-state index contributed by atoms with van der Waals surface area (Å²) < 4.78 is 5.94. The number of nitrogens with zero attached hydrogens (tertiary/aromatic N) is 1. The average Bonchev–Trinajstić information content (AvgIpc) is 3.46. The van der Waals surface area contributed by atoms with Crippen LogP contribution < -0.4 is 16.0 Å². The van der Waals surface area contributed by atoms with Crippen LogP contribution >= 0.6 is 0 Å². The Labute approximate surface area is 169 Å². The summed E-state index contributed by atoms with van der Waals surface area (Å²) in [6.45, 7) is 3.62. The molecule has 1 aromatic rings. The number of fused-ring (bicyclic) bond motifs is 1. The Kier molecular flexibility index (Phi) is 4.64. The third-order valence-corrected chi connectivity index (χ3v) is 6.57. The van der Waals surface area contributed by atoms with E-state index in [0.717, 1.165) is 43.7 Å². The van der Waals surface area contributed by atoms with Gasteiger partial charge >= 0.3 is 0 Å². The Bertz CT molecular complexity index is 860. The number of nitrogens with one attached hydrogen (secondary N) is 3. The van der Waals surface area contributed by atoms with Gasteiger partial charge in [0.2, 0.25) is 11.8 Å². The molecule has 3 amide bonds. The zero-order chi connectivity index (χ0) is 20.0. The van der Waals surface area contributed by atoms with Crippen LogP contribution in [0.5, 0.6) is 0 Å². The monoisotopic (exact) mass is 398 g/mol. The van der Waals surface area contributed by atoms with Crippen LogP contribution in [0, 0.1) is 0 Å². The maximum absolute atomic E-state index is 12.9. The molecule has 5 rings (SSSR count). The molecule has 154 valence electrons. The van der Waals surface area contributed by atoms with Crippen molar-refractivity contribution in [3.05, 3.63) is 34.9 Å². The number of amides is 3. The summed E-state index contributed by atoms with van der Waals surface area (Å²) >= 11 is 0. The van der Waals surface area contributed by atoms with Crippen LogP contribution in [0.1, 0.15) is 47.2 Å². The fourth-order valence-electron chi connectivity index (χ4n) is 4.66. The molecule has 2 saturated heterocycles. The van der Waals surface area contributed by atoms with E-state index < -0.39 is 6.04 Å². The number of rotatable bonds is 5. The number of piperidine rings is 1. The lowest BCUT2D eigenvalue weighted by molar-refractivity contribution is -0.136. The highest BCUT2D eigenvalue weighted by Crippen LogP contribution is 2.41. The molecule has 8 nitrogen and oxygen atoms in total. The van der Waals surface area contributed by atoms with Crippen molar-refractivity contribution in [3.63, 3.8) is 0 Å². The van der Waals surface area contributed by atoms with Crippen molar-refractivity contribution in [3.8, 4) is 0 Å². The molecule has 3 aliphatic heterocycles. The van der Waals surface area contributed by atoms with Gasteiger partial charge < -0.3 is 20.3 Å². The molecule has 2 unspecified atom stereocenters. The van der Waals surface area contributed by atoms with Gasteiger partial charge in [0.05, 0.1) is 12.7 Å². The summed E-state index contributed by atoms with van der Waals surface area (Å²) in [6, 6.07) is 5.39. The Morgan fingerprint density at radius 2 is 2.10 bits per heavy atom. The van der Waals surface area contributed by atoms with Crippen LogP contribution in [-0.4, -0.2) is 60.0 Å².